The number of hydrogen-bond donors (Lipinski definition) is 2. The molecule has 25 heavy (non-hydrogen) atoms. The van der Waals surface area contributed by atoms with Gasteiger partial charge in [0.15, 0.2) is 0 Å². The summed E-state index contributed by atoms with van der Waals surface area (Å²) in [5, 5.41) is 19.9. The summed E-state index contributed by atoms with van der Waals surface area (Å²) in [7, 11) is 0. The van der Waals surface area contributed by atoms with Gasteiger partial charge >= 0.3 is 11.9 Å². The molecule has 0 aromatic rings. The molecule has 0 aromatic heterocycles. The van der Waals surface area contributed by atoms with Crippen molar-refractivity contribution in [1.29, 1.82) is 0 Å². The van der Waals surface area contributed by atoms with Gasteiger partial charge in [0.1, 0.15) is 13.2 Å². The van der Waals surface area contributed by atoms with Crippen LogP contribution >= 0.6 is 0 Å². The van der Waals surface area contributed by atoms with Crippen molar-refractivity contribution in [3.05, 3.63) is 35.5 Å². The number of ether oxygens (including phenoxy) is 2. The van der Waals surface area contributed by atoms with Crippen LogP contribution in [0.25, 0.3) is 0 Å². The standard InChI is InChI=1S/C19H30O6/c1-13(2)19(23)7-6-14(3)10-18(22)11-17(12-25-16(5)21)8-9-24-15(4)20/h8,10,18-19,22-23H,1,6-7,9,11-12H2,2-5H3/b14-10+,17-8-/t18-,19+/m1/s1. The molecule has 142 valence electrons. The van der Waals surface area contributed by atoms with Gasteiger partial charge in [-0.25, -0.2) is 0 Å². The fourth-order valence-electron chi connectivity index (χ4n) is 2.02. The molecular formula is C19H30O6. The van der Waals surface area contributed by atoms with Gasteiger partial charge < -0.3 is 19.7 Å². The first-order valence-corrected chi connectivity index (χ1v) is 8.25. The molecule has 0 saturated carbocycles. The summed E-state index contributed by atoms with van der Waals surface area (Å²) in [6.07, 6.45) is 3.47. The maximum Gasteiger partial charge on any atom is 0.302 e. The Hall–Kier alpha value is -1.92. The lowest BCUT2D eigenvalue weighted by Crippen LogP contribution is -2.12. The van der Waals surface area contributed by atoms with Gasteiger partial charge in [-0.05, 0) is 38.3 Å². The molecular weight excluding hydrogens is 324 g/mol. The minimum Gasteiger partial charge on any atom is -0.462 e. The molecule has 6 nitrogen and oxygen atoms in total. The Balaban J connectivity index is 4.67. The first kappa shape index (κ1) is 23.1. The van der Waals surface area contributed by atoms with E-state index in [2.05, 4.69) is 6.58 Å². The zero-order valence-electron chi connectivity index (χ0n) is 15.6. The highest BCUT2D eigenvalue weighted by Crippen LogP contribution is 2.15. The highest BCUT2D eigenvalue weighted by atomic mass is 16.5. The summed E-state index contributed by atoms with van der Waals surface area (Å²) in [5.74, 6) is -0.830. The van der Waals surface area contributed by atoms with Crippen LogP contribution in [0, 0.1) is 0 Å². The van der Waals surface area contributed by atoms with Gasteiger partial charge in [0.2, 0.25) is 0 Å². The highest BCUT2D eigenvalue weighted by Gasteiger charge is 2.09. The second-order valence-electron chi connectivity index (χ2n) is 6.13. The maximum atomic E-state index is 11.0. The van der Waals surface area contributed by atoms with E-state index in [-0.39, 0.29) is 19.6 Å². The first-order valence-electron chi connectivity index (χ1n) is 8.25. The second-order valence-corrected chi connectivity index (χ2v) is 6.13. The van der Waals surface area contributed by atoms with Crippen LogP contribution < -0.4 is 0 Å². The van der Waals surface area contributed by atoms with Crippen molar-refractivity contribution >= 4 is 11.9 Å². The first-order chi connectivity index (χ1) is 11.6. The molecule has 0 fully saturated rings. The molecule has 0 saturated heterocycles. The smallest absolute Gasteiger partial charge is 0.302 e. The zero-order valence-corrected chi connectivity index (χ0v) is 15.6. The van der Waals surface area contributed by atoms with Gasteiger partial charge in [0.25, 0.3) is 0 Å². The Morgan fingerprint density at radius 1 is 1.08 bits per heavy atom. The Morgan fingerprint density at radius 2 is 1.68 bits per heavy atom. The van der Waals surface area contributed by atoms with Gasteiger partial charge in [-0.1, -0.05) is 23.8 Å². The molecule has 2 atom stereocenters. The molecule has 0 amide bonds. The number of rotatable bonds is 11. The summed E-state index contributed by atoms with van der Waals surface area (Å²) in [4.78, 5) is 21.8. The normalized spacial score (nSPS) is 14.6. The van der Waals surface area contributed by atoms with Crippen LogP contribution in [0.3, 0.4) is 0 Å². The molecule has 0 radical (unpaired) electrons. The minimum absolute atomic E-state index is 0.0366. The maximum absolute atomic E-state index is 11.0. The molecule has 0 aliphatic heterocycles. The fourth-order valence-corrected chi connectivity index (χ4v) is 2.02. The fraction of sp³-hybridized carbons (Fsp3) is 0.579. The molecule has 0 bridgehead atoms. The van der Waals surface area contributed by atoms with Crippen LogP contribution in [-0.2, 0) is 19.1 Å². The topological polar surface area (TPSA) is 93.1 Å². The predicted octanol–water partition coefficient (Wildman–Crippen LogP) is 2.45. The summed E-state index contributed by atoms with van der Waals surface area (Å²) in [6.45, 7) is 10.1. The third-order valence-electron chi connectivity index (χ3n) is 3.45. The van der Waals surface area contributed by atoms with E-state index in [1.54, 1.807) is 19.1 Å². The molecule has 0 rings (SSSR count). The van der Waals surface area contributed by atoms with Crippen molar-refractivity contribution in [3.8, 4) is 0 Å². The Kier molecular flexibility index (Phi) is 11.5. The Morgan fingerprint density at radius 3 is 2.20 bits per heavy atom. The van der Waals surface area contributed by atoms with E-state index in [1.807, 2.05) is 6.92 Å². The largest absolute Gasteiger partial charge is 0.462 e. The van der Waals surface area contributed by atoms with Crippen molar-refractivity contribution in [3.63, 3.8) is 0 Å². The minimum atomic E-state index is -0.763. The number of carbonyl (C=O) groups is 2. The van der Waals surface area contributed by atoms with E-state index in [0.717, 1.165) is 5.57 Å². The average molecular weight is 354 g/mol. The summed E-state index contributed by atoms with van der Waals surface area (Å²) >= 11 is 0. The van der Waals surface area contributed by atoms with Crippen LogP contribution in [-0.4, -0.2) is 47.6 Å². The number of esters is 2. The van der Waals surface area contributed by atoms with Gasteiger partial charge in [0, 0.05) is 20.3 Å². The van der Waals surface area contributed by atoms with E-state index in [1.165, 1.54) is 13.8 Å². The molecule has 6 heteroatoms. The van der Waals surface area contributed by atoms with E-state index < -0.39 is 24.1 Å². The van der Waals surface area contributed by atoms with Gasteiger partial charge in [0.05, 0.1) is 12.2 Å². The molecule has 0 aliphatic rings. The van der Waals surface area contributed by atoms with Crippen LogP contribution in [0.2, 0.25) is 0 Å². The number of aliphatic hydroxyl groups is 2. The van der Waals surface area contributed by atoms with E-state index >= 15 is 0 Å². The summed E-state index contributed by atoms with van der Waals surface area (Å²) < 4.78 is 9.79. The second kappa shape index (κ2) is 12.4. The number of aliphatic hydroxyl groups excluding tert-OH is 2. The van der Waals surface area contributed by atoms with Crippen LogP contribution in [0.1, 0.15) is 47.0 Å². The SMILES string of the molecule is C=C(C)[C@@H](O)CC/C(C)=C/[C@@H](O)C/C(=C/COC(C)=O)COC(C)=O. The highest BCUT2D eigenvalue weighted by molar-refractivity contribution is 5.66. The van der Waals surface area contributed by atoms with E-state index in [4.69, 9.17) is 9.47 Å². The van der Waals surface area contributed by atoms with Crippen LogP contribution in [0.4, 0.5) is 0 Å². The molecule has 0 aliphatic carbocycles. The molecule has 0 aromatic carbocycles. The van der Waals surface area contributed by atoms with Gasteiger partial charge in [-0.15, -0.1) is 0 Å². The third-order valence-corrected chi connectivity index (χ3v) is 3.45. The molecule has 2 N–H and O–H groups in total. The number of allylic oxidation sites excluding steroid dienone is 1. The van der Waals surface area contributed by atoms with Crippen LogP contribution in [0.15, 0.2) is 35.5 Å². The molecule has 0 spiro atoms. The quantitative estimate of drug-likeness (QED) is 0.437. The summed E-state index contributed by atoms with van der Waals surface area (Å²) in [6, 6.07) is 0. The predicted molar refractivity (Wildman–Crippen MR) is 95.8 cm³/mol. The molecule has 0 heterocycles. The van der Waals surface area contributed by atoms with E-state index in [0.29, 0.717) is 24.0 Å². The lowest BCUT2D eigenvalue weighted by molar-refractivity contribution is -0.141. The van der Waals surface area contributed by atoms with Crippen molar-refractivity contribution in [2.75, 3.05) is 13.2 Å². The Labute approximate surface area is 149 Å². The van der Waals surface area contributed by atoms with E-state index in [9.17, 15) is 19.8 Å². The third kappa shape index (κ3) is 13.1. The van der Waals surface area contributed by atoms with Gasteiger partial charge in [-0.2, -0.15) is 0 Å². The van der Waals surface area contributed by atoms with Gasteiger partial charge in [-0.3, -0.25) is 9.59 Å². The monoisotopic (exact) mass is 354 g/mol. The lowest BCUT2D eigenvalue weighted by atomic mass is 10.0. The van der Waals surface area contributed by atoms with Crippen molar-refractivity contribution < 1.29 is 29.3 Å². The van der Waals surface area contributed by atoms with Crippen LogP contribution in [0.5, 0.6) is 0 Å². The number of carbonyl (C=O) groups excluding carboxylic acids is 2. The number of hydrogen-bond acceptors (Lipinski definition) is 6. The van der Waals surface area contributed by atoms with Crippen molar-refractivity contribution in [2.45, 2.75) is 59.2 Å². The Bertz CT molecular complexity index is 518. The molecule has 0 unspecified atom stereocenters. The lowest BCUT2D eigenvalue weighted by Gasteiger charge is -2.13. The summed E-state index contributed by atoms with van der Waals surface area (Å²) in [5.41, 5.74) is 2.32. The van der Waals surface area contributed by atoms with Crippen molar-refractivity contribution in [2.24, 2.45) is 0 Å². The zero-order chi connectivity index (χ0) is 19.4. The average Bonchev–Trinajstić information content (AvgIpc) is 2.49. The van der Waals surface area contributed by atoms with Crippen molar-refractivity contribution in [1.82, 2.24) is 0 Å².